The highest BCUT2D eigenvalue weighted by Crippen LogP contribution is 2.51. The second kappa shape index (κ2) is 9.30. The van der Waals surface area contributed by atoms with Crippen LogP contribution in [0.15, 0.2) is 12.2 Å². The lowest BCUT2D eigenvalue weighted by atomic mass is 9.78. The Morgan fingerprint density at radius 2 is 1.83 bits per heavy atom. The van der Waals surface area contributed by atoms with E-state index in [2.05, 4.69) is 19.1 Å². The summed E-state index contributed by atoms with van der Waals surface area (Å²) in [6.07, 6.45) is 17.7. The molecule has 4 fully saturated rings. The molecule has 4 rings (SSSR count). The number of esters is 1. The Bertz CT molecular complexity index is 629. The molecule has 4 aliphatic rings. The smallest absolute Gasteiger partial charge is 0.356 e. The van der Waals surface area contributed by atoms with Gasteiger partial charge in [-0.15, -0.1) is 0 Å². The molecule has 5 nitrogen and oxygen atoms in total. The van der Waals surface area contributed by atoms with E-state index in [1.54, 1.807) is 0 Å². The van der Waals surface area contributed by atoms with Crippen molar-refractivity contribution in [3.8, 4) is 0 Å². The molecule has 5 heteroatoms. The first-order chi connectivity index (χ1) is 14.5. The third-order valence-electron chi connectivity index (χ3n) is 8.77. The number of ether oxygens (including phenoxy) is 1. The number of hydrogen-bond acceptors (Lipinski definition) is 5. The van der Waals surface area contributed by atoms with E-state index in [4.69, 9.17) is 4.74 Å². The Labute approximate surface area is 181 Å². The number of aliphatic hydroxyl groups is 2. The first kappa shape index (κ1) is 22.3. The molecule has 2 N–H and O–H groups in total. The van der Waals surface area contributed by atoms with Crippen LogP contribution in [0.4, 0.5) is 0 Å². The lowest BCUT2D eigenvalue weighted by Crippen LogP contribution is -2.68. The van der Waals surface area contributed by atoms with Crippen LogP contribution >= 0.6 is 0 Å². The molecule has 2 saturated heterocycles. The number of allylic oxidation sites excluding steroid dienone is 2. The lowest BCUT2D eigenvalue weighted by molar-refractivity contribution is -0.234. The minimum absolute atomic E-state index is 0.160. The molecule has 0 spiro atoms. The van der Waals surface area contributed by atoms with Crippen LogP contribution in [0.25, 0.3) is 0 Å². The van der Waals surface area contributed by atoms with Crippen molar-refractivity contribution in [2.24, 2.45) is 23.7 Å². The van der Waals surface area contributed by atoms with E-state index in [0.29, 0.717) is 18.3 Å². The number of piperidine rings is 1. The van der Waals surface area contributed by atoms with E-state index < -0.39 is 17.8 Å². The molecule has 0 aromatic carbocycles. The molecule has 170 valence electrons. The first-order valence-electron chi connectivity index (χ1n) is 12.4. The summed E-state index contributed by atoms with van der Waals surface area (Å²) >= 11 is 0. The molecule has 0 bridgehead atoms. The second-order valence-electron chi connectivity index (χ2n) is 10.4. The van der Waals surface area contributed by atoms with Crippen LogP contribution in [0.3, 0.4) is 0 Å². The van der Waals surface area contributed by atoms with E-state index in [0.717, 1.165) is 37.5 Å². The van der Waals surface area contributed by atoms with Crippen LogP contribution in [-0.4, -0.2) is 52.1 Å². The molecule has 2 heterocycles. The average Bonchev–Trinajstić information content (AvgIpc) is 3.31. The maximum absolute atomic E-state index is 12.4. The van der Waals surface area contributed by atoms with Crippen molar-refractivity contribution in [2.45, 2.75) is 108 Å². The van der Waals surface area contributed by atoms with Crippen LogP contribution in [0, 0.1) is 23.7 Å². The van der Waals surface area contributed by atoms with Crippen LogP contribution < -0.4 is 0 Å². The topological polar surface area (TPSA) is 70.0 Å². The fraction of sp³-hybridized carbons (Fsp3) is 0.880. The Morgan fingerprint density at radius 1 is 1.10 bits per heavy atom. The number of carbonyl (C=O) groups excluding carboxylic acids is 1. The average molecular weight is 420 g/mol. The summed E-state index contributed by atoms with van der Waals surface area (Å²) in [6.45, 7) is 2.30. The Morgan fingerprint density at radius 3 is 2.53 bits per heavy atom. The van der Waals surface area contributed by atoms with Gasteiger partial charge in [-0.25, -0.2) is 4.79 Å². The number of fused-ring (bicyclic) bond motifs is 3. The molecule has 0 aromatic rings. The zero-order chi connectivity index (χ0) is 21.3. The predicted molar refractivity (Wildman–Crippen MR) is 117 cm³/mol. The van der Waals surface area contributed by atoms with Gasteiger partial charge in [-0.1, -0.05) is 44.8 Å². The number of hydrogen-bond donors (Lipinski definition) is 2. The zero-order valence-corrected chi connectivity index (χ0v) is 18.8. The highest BCUT2D eigenvalue weighted by molar-refractivity contribution is 5.80. The summed E-state index contributed by atoms with van der Waals surface area (Å²) in [6, 6.07) is 0.325. The molecular formula is C25H41NO4. The summed E-state index contributed by atoms with van der Waals surface area (Å²) in [5.74, 6) is 2.09. The maximum atomic E-state index is 12.4. The molecule has 30 heavy (non-hydrogen) atoms. The molecule has 6 atom stereocenters. The number of rotatable bonds is 6. The summed E-state index contributed by atoms with van der Waals surface area (Å²) in [5.41, 5.74) is -1.88. The van der Waals surface area contributed by atoms with E-state index in [1.165, 1.54) is 52.1 Å². The van der Waals surface area contributed by atoms with Gasteiger partial charge in [0.2, 0.25) is 5.72 Å². The Balaban J connectivity index is 1.36. The summed E-state index contributed by atoms with van der Waals surface area (Å²) in [5, 5.41) is 21.7. The van der Waals surface area contributed by atoms with Crippen LogP contribution in [0.5, 0.6) is 0 Å². The minimum Gasteiger partial charge on any atom is -0.466 e. The molecule has 0 amide bonds. The van der Waals surface area contributed by atoms with Crippen LogP contribution in [0.2, 0.25) is 0 Å². The van der Waals surface area contributed by atoms with Crippen molar-refractivity contribution < 1.29 is 19.7 Å². The minimum atomic E-state index is -1.88. The monoisotopic (exact) mass is 419 g/mol. The van der Waals surface area contributed by atoms with Crippen molar-refractivity contribution in [1.82, 2.24) is 4.90 Å². The van der Waals surface area contributed by atoms with Crippen molar-refractivity contribution in [2.75, 3.05) is 7.11 Å². The lowest BCUT2D eigenvalue weighted by Gasteiger charge is -2.47. The fourth-order valence-corrected chi connectivity index (χ4v) is 7.20. The van der Waals surface area contributed by atoms with Crippen molar-refractivity contribution >= 4 is 5.97 Å². The molecule has 2 unspecified atom stereocenters. The second-order valence-corrected chi connectivity index (χ2v) is 10.4. The first-order valence-corrected chi connectivity index (χ1v) is 12.4. The quantitative estimate of drug-likeness (QED) is 0.503. The largest absolute Gasteiger partial charge is 0.466 e. The zero-order valence-electron chi connectivity index (χ0n) is 18.8. The van der Waals surface area contributed by atoms with E-state index in [-0.39, 0.29) is 12.1 Å². The third kappa shape index (κ3) is 3.98. The van der Waals surface area contributed by atoms with Gasteiger partial charge in [0.25, 0.3) is 0 Å². The SMILES string of the molecule is CCCC1CCC(C/C=C\[C@H]2CC[C@@H]3[C@@H]2C[C@@H]2CCC(O)C(O)(C(=O)OC)N23)CC1. The fourth-order valence-electron chi connectivity index (χ4n) is 7.20. The normalized spacial score (nSPS) is 44.2. The predicted octanol–water partition coefficient (Wildman–Crippen LogP) is 4.02. The van der Waals surface area contributed by atoms with Crippen molar-refractivity contribution in [3.05, 3.63) is 12.2 Å². The molecule has 2 aliphatic carbocycles. The van der Waals surface area contributed by atoms with Gasteiger partial charge in [0, 0.05) is 12.1 Å². The summed E-state index contributed by atoms with van der Waals surface area (Å²) in [7, 11) is 1.29. The molecular weight excluding hydrogens is 378 g/mol. The Hall–Kier alpha value is -0.910. The number of nitrogens with zero attached hydrogens (tertiary/aromatic N) is 1. The van der Waals surface area contributed by atoms with Crippen LogP contribution in [0.1, 0.15) is 84.0 Å². The standard InChI is InChI=1S/C25H41NO4/c1-3-5-17-8-10-18(11-9-17)6-4-7-19-12-14-22-21(19)16-20-13-15-23(27)25(29,26(20)22)24(28)30-2/h4,7,17-23,27,29H,3,5-6,8-16H2,1-2H3/b7-4-/t17?,18?,19-,20-,21+,22+,23?,25?/m0/s1. The molecule has 2 saturated carbocycles. The molecule has 0 radical (unpaired) electrons. The number of aliphatic hydroxyl groups excluding tert-OH is 1. The molecule has 0 aromatic heterocycles. The maximum Gasteiger partial charge on any atom is 0.356 e. The summed E-state index contributed by atoms with van der Waals surface area (Å²) < 4.78 is 4.90. The van der Waals surface area contributed by atoms with Gasteiger partial charge in [0.1, 0.15) is 6.10 Å². The number of carbonyl (C=O) groups is 1. The highest BCUT2D eigenvalue weighted by atomic mass is 16.5. The van der Waals surface area contributed by atoms with Crippen molar-refractivity contribution in [1.29, 1.82) is 0 Å². The summed E-state index contributed by atoms with van der Waals surface area (Å²) in [4.78, 5) is 14.4. The van der Waals surface area contributed by atoms with E-state index >= 15 is 0 Å². The van der Waals surface area contributed by atoms with Gasteiger partial charge in [0.15, 0.2) is 0 Å². The van der Waals surface area contributed by atoms with Gasteiger partial charge in [-0.3, -0.25) is 4.90 Å². The van der Waals surface area contributed by atoms with Gasteiger partial charge >= 0.3 is 5.97 Å². The van der Waals surface area contributed by atoms with Gasteiger partial charge in [0.05, 0.1) is 7.11 Å². The van der Waals surface area contributed by atoms with E-state index in [9.17, 15) is 15.0 Å². The number of methoxy groups -OCH3 is 1. The van der Waals surface area contributed by atoms with Gasteiger partial charge < -0.3 is 14.9 Å². The molecule has 2 aliphatic heterocycles. The Kier molecular flexibility index (Phi) is 6.91. The van der Waals surface area contributed by atoms with Gasteiger partial charge in [-0.2, -0.15) is 0 Å². The van der Waals surface area contributed by atoms with Crippen molar-refractivity contribution in [3.63, 3.8) is 0 Å². The van der Waals surface area contributed by atoms with Gasteiger partial charge in [-0.05, 0) is 75.0 Å². The third-order valence-corrected chi connectivity index (χ3v) is 8.77. The van der Waals surface area contributed by atoms with Crippen LogP contribution in [-0.2, 0) is 9.53 Å². The van der Waals surface area contributed by atoms with E-state index in [1.807, 2.05) is 4.90 Å². The highest BCUT2D eigenvalue weighted by Gasteiger charge is 2.62.